The van der Waals surface area contributed by atoms with Crippen LogP contribution in [0.2, 0.25) is 0 Å². The Bertz CT molecular complexity index is 615. The summed E-state index contributed by atoms with van der Waals surface area (Å²) in [6, 6.07) is 14.0. The van der Waals surface area contributed by atoms with Gasteiger partial charge in [-0.25, -0.2) is 0 Å². The maximum Gasteiger partial charge on any atom is 0.140 e. The second kappa shape index (κ2) is 6.84. The number of hydrogen-bond acceptors (Lipinski definition) is 5. The fourth-order valence-electron chi connectivity index (χ4n) is 2.41. The summed E-state index contributed by atoms with van der Waals surface area (Å²) in [5.41, 5.74) is 1.07. The Labute approximate surface area is 135 Å². The molecule has 2 saturated heterocycles. The van der Waals surface area contributed by atoms with E-state index in [0.29, 0.717) is 19.8 Å². The van der Waals surface area contributed by atoms with Gasteiger partial charge in [-0.1, -0.05) is 30.3 Å². The zero-order valence-electron chi connectivity index (χ0n) is 12.9. The number of furan rings is 1. The summed E-state index contributed by atoms with van der Waals surface area (Å²) in [5, 5.41) is 0. The highest BCUT2D eigenvalue weighted by molar-refractivity contribution is 5.25. The van der Waals surface area contributed by atoms with E-state index in [0.717, 1.165) is 30.3 Å². The lowest BCUT2D eigenvalue weighted by Crippen LogP contribution is -2.10. The van der Waals surface area contributed by atoms with E-state index in [4.69, 9.17) is 23.4 Å². The van der Waals surface area contributed by atoms with Gasteiger partial charge in [0.1, 0.15) is 36.4 Å². The molecule has 0 N–H and O–H groups in total. The van der Waals surface area contributed by atoms with Crippen LogP contribution in [0, 0.1) is 0 Å². The Balaban J connectivity index is 1.42. The summed E-state index contributed by atoms with van der Waals surface area (Å²) in [6.07, 6.45) is 0.266. The number of epoxide rings is 2. The molecule has 2 fully saturated rings. The maximum absolute atomic E-state index is 6.02. The smallest absolute Gasteiger partial charge is 0.140 e. The maximum atomic E-state index is 6.02. The predicted molar refractivity (Wildman–Crippen MR) is 82.1 cm³/mol. The first kappa shape index (κ1) is 14.9. The van der Waals surface area contributed by atoms with E-state index in [9.17, 15) is 0 Å². The van der Waals surface area contributed by atoms with Crippen LogP contribution in [-0.4, -0.2) is 38.6 Å². The molecule has 2 aliphatic heterocycles. The molecule has 1 aromatic carbocycles. The molecule has 0 radical (unpaired) electrons. The lowest BCUT2D eigenvalue weighted by atomic mass is 10.1. The summed E-state index contributed by atoms with van der Waals surface area (Å²) in [7, 11) is 0. The molecule has 23 heavy (non-hydrogen) atoms. The molecule has 3 heterocycles. The Kier molecular flexibility index (Phi) is 4.43. The molecule has 2 aromatic rings. The fourth-order valence-corrected chi connectivity index (χ4v) is 2.41. The molecule has 4 rings (SSSR count). The topological polar surface area (TPSA) is 56.7 Å². The summed E-state index contributed by atoms with van der Waals surface area (Å²) in [6.45, 7) is 3.23. The molecular weight excluding hydrogens is 296 g/mol. The summed E-state index contributed by atoms with van der Waals surface area (Å²) in [4.78, 5) is 0. The third kappa shape index (κ3) is 4.20. The molecule has 2 aliphatic rings. The molecule has 0 bridgehead atoms. The van der Waals surface area contributed by atoms with Crippen LogP contribution in [0.1, 0.15) is 23.2 Å². The van der Waals surface area contributed by atoms with Crippen molar-refractivity contribution in [2.24, 2.45) is 0 Å². The zero-order valence-corrected chi connectivity index (χ0v) is 12.9. The number of hydrogen-bond donors (Lipinski definition) is 0. The number of rotatable bonds is 9. The number of ether oxygens (including phenoxy) is 4. The van der Waals surface area contributed by atoms with E-state index in [1.165, 1.54) is 0 Å². The van der Waals surface area contributed by atoms with Gasteiger partial charge in [0, 0.05) is 0 Å². The highest BCUT2D eigenvalue weighted by atomic mass is 16.6. The van der Waals surface area contributed by atoms with Crippen molar-refractivity contribution in [3.05, 3.63) is 59.5 Å². The van der Waals surface area contributed by atoms with Crippen molar-refractivity contribution in [2.45, 2.75) is 24.9 Å². The Morgan fingerprint density at radius 3 is 2.43 bits per heavy atom. The Morgan fingerprint density at radius 1 is 0.957 bits per heavy atom. The van der Waals surface area contributed by atoms with Crippen molar-refractivity contribution >= 4 is 0 Å². The monoisotopic (exact) mass is 316 g/mol. The van der Waals surface area contributed by atoms with Crippen LogP contribution >= 0.6 is 0 Å². The minimum atomic E-state index is -0.221. The van der Waals surface area contributed by atoms with Crippen LogP contribution < -0.4 is 0 Å². The Hall–Kier alpha value is -1.66. The third-order valence-electron chi connectivity index (χ3n) is 3.84. The van der Waals surface area contributed by atoms with Crippen molar-refractivity contribution in [1.82, 2.24) is 0 Å². The first-order chi connectivity index (χ1) is 11.4. The minimum Gasteiger partial charge on any atom is -0.460 e. The average Bonchev–Trinajstić information content (AvgIpc) is 3.50. The molecule has 3 unspecified atom stereocenters. The molecule has 0 spiro atoms. The van der Waals surface area contributed by atoms with Crippen molar-refractivity contribution in [2.75, 3.05) is 26.4 Å². The largest absolute Gasteiger partial charge is 0.460 e. The molecule has 3 atom stereocenters. The van der Waals surface area contributed by atoms with Crippen molar-refractivity contribution in [3.8, 4) is 0 Å². The molecular formula is C18H20O5. The van der Waals surface area contributed by atoms with Gasteiger partial charge in [-0.15, -0.1) is 0 Å². The highest BCUT2D eigenvalue weighted by Crippen LogP contribution is 2.29. The molecule has 122 valence electrons. The van der Waals surface area contributed by atoms with E-state index in [-0.39, 0.29) is 18.3 Å². The van der Waals surface area contributed by atoms with Crippen molar-refractivity contribution < 1.29 is 23.4 Å². The van der Waals surface area contributed by atoms with Gasteiger partial charge in [0.25, 0.3) is 0 Å². The van der Waals surface area contributed by atoms with E-state index < -0.39 is 0 Å². The lowest BCUT2D eigenvalue weighted by molar-refractivity contribution is 0.0486. The van der Waals surface area contributed by atoms with Gasteiger partial charge in [0.05, 0.1) is 26.4 Å². The summed E-state index contributed by atoms with van der Waals surface area (Å²) in [5.74, 6) is 1.59. The van der Waals surface area contributed by atoms with Gasteiger partial charge < -0.3 is 23.4 Å². The van der Waals surface area contributed by atoms with E-state index in [2.05, 4.69) is 0 Å². The van der Waals surface area contributed by atoms with E-state index >= 15 is 0 Å². The van der Waals surface area contributed by atoms with E-state index in [1.54, 1.807) is 0 Å². The van der Waals surface area contributed by atoms with Gasteiger partial charge in [-0.2, -0.15) is 0 Å². The van der Waals surface area contributed by atoms with Crippen molar-refractivity contribution in [3.63, 3.8) is 0 Å². The SMILES string of the molecule is c1ccc(C(OCC2CO2)c2ccc(COCC3CO3)o2)cc1. The highest BCUT2D eigenvalue weighted by Gasteiger charge is 2.27. The molecule has 5 nitrogen and oxygen atoms in total. The van der Waals surface area contributed by atoms with Crippen LogP contribution in [0.25, 0.3) is 0 Å². The predicted octanol–water partition coefficient (Wildman–Crippen LogP) is 2.70. The quantitative estimate of drug-likeness (QED) is 0.666. The second-order valence-electron chi connectivity index (χ2n) is 5.85. The van der Waals surface area contributed by atoms with Crippen LogP contribution in [0.15, 0.2) is 46.9 Å². The van der Waals surface area contributed by atoms with Crippen LogP contribution in [-0.2, 0) is 25.6 Å². The first-order valence-electron chi connectivity index (χ1n) is 7.94. The zero-order chi connectivity index (χ0) is 15.5. The third-order valence-corrected chi connectivity index (χ3v) is 3.84. The van der Waals surface area contributed by atoms with Gasteiger partial charge >= 0.3 is 0 Å². The van der Waals surface area contributed by atoms with Crippen LogP contribution in [0.4, 0.5) is 0 Å². The van der Waals surface area contributed by atoms with Gasteiger partial charge in [0.15, 0.2) is 0 Å². The van der Waals surface area contributed by atoms with E-state index in [1.807, 2.05) is 42.5 Å². The molecule has 1 aromatic heterocycles. The molecule has 0 saturated carbocycles. The lowest BCUT2D eigenvalue weighted by Gasteiger charge is -2.15. The first-order valence-corrected chi connectivity index (χ1v) is 7.94. The van der Waals surface area contributed by atoms with Gasteiger partial charge in [-0.3, -0.25) is 0 Å². The molecule has 5 heteroatoms. The van der Waals surface area contributed by atoms with Gasteiger partial charge in [-0.05, 0) is 17.7 Å². The Morgan fingerprint density at radius 2 is 1.70 bits per heavy atom. The summed E-state index contributed by atoms with van der Waals surface area (Å²) < 4.78 is 27.9. The molecule has 0 amide bonds. The van der Waals surface area contributed by atoms with Gasteiger partial charge in [0.2, 0.25) is 0 Å². The summed E-state index contributed by atoms with van der Waals surface area (Å²) >= 11 is 0. The molecule has 0 aliphatic carbocycles. The van der Waals surface area contributed by atoms with Crippen LogP contribution in [0.3, 0.4) is 0 Å². The average molecular weight is 316 g/mol. The standard InChI is InChI=1S/C18H20O5/c1-2-4-13(5-3-1)18(22-12-16-11-21-16)17-7-6-14(23-17)8-19-9-15-10-20-15/h1-7,15-16,18H,8-12H2. The minimum absolute atomic E-state index is 0.220. The second-order valence-corrected chi connectivity index (χ2v) is 5.85. The normalized spacial score (nSPS) is 23.7. The number of benzene rings is 1. The van der Waals surface area contributed by atoms with Crippen molar-refractivity contribution in [1.29, 1.82) is 0 Å². The fraction of sp³-hybridized carbons (Fsp3) is 0.444. The van der Waals surface area contributed by atoms with Crippen LogP contribution in [0.5, 0.6) is 0 Å².